The molecule has 4 rings (SSSR count). The number of carbonyl (C=O) groups excluding carboxylic acids is 2. The number of piperazine rings is 1. The van der Waals surface area contributed by atoms with Gasteiger partial charge in [0.05, 0.1) is 0 Å². The molecule has 1 aliphatic carbocycles. The largest absolute Gasteiger partial charge is 0.356 e. The van der Waals surface area contributed by atoms with Gasteiger partial charge in [-0.15, -0.1) is 0 Å². The van der Waals surface area contributed by atoms with Crippen LogP contribution in [0.3, 0.4) is 0 Å². The number of nitrogens with one attached hydrogen (secondary N) is 2. The van der Waals surface area contributed by atoms with Crippen molar-refractivity contribution in [3.05, 3.63) is 30.2 Å². The Labute approximate surface area is 212 Å². The summed E-state index contributed by atoms with van der Waals surface area (Å²) in [7, 11) is 0. The van der Waals surface area contributed by atoms with Crippen LogP contribution in [0.15, 0.2) is 23.0 Å². The number of aromatic nitrogens is 4. The van der Waals surface area contributed by atoms with Gasteiger partial charge in [-0.3, -0.25) is 14.5 Å². The van der Waals surface area contributed by atoms with E-state index in [-0.39, 0.29) is 11.8 Å². The molecule has 2 aromatic rings. The van der Waals surface area contributed by atoms with Crippen molar-refractivity contribution in [3.63, 3.8) is 0 Å². The minimum atomic E-state index is -0.564. The molecule has 2 fully saturated rings. The summed E-state index contributed by atoms with van der Waals surface area (Å²) in [6, 6.07) is 1.83. The second-order valence-electron chi connectivity index (χ2n) is 9.77. The molecule has 0 atom stereocenters. The lowest BCUT2D eigenvalue weighted by atomic mass is 9.89. The highest BCUT2D eigenvalue weighted by molar-refractivity contribution is 5.76. The Kier molecular flexibility index (Phi) is 9.21. The molecule has 0 unspecified atom stereocenters. The van der Waals surface area contributed by atoms with Crippen LogP contribution in [0, 0.1) is 0 Å². The molecule has 2 N–H and O–H groups in total. The van der Waals surface area contributed by atoms with Gasteiger partial charge in [0.1, 0.15) is 5.54 Å². The first-order chi connectivity index (χ1) is 17.5. The number of aryl methyl sites for hydroxylation is 1. The van der Waals surface area contributed by atoms with Crippen molar-refractivity contribution in [3.8, 4) is 0 Å². The number of hydrogen-bond acceptors (Lipinski definition) is 9. The van der Waals surface area contributed by atoms with Gasteiger partial charge in [0.15, 0.2) is 5.82 Å². The van der Waals surface area contributed by atoms with Crippen LogP contribution in [0.25, 0.3) is 0 Å². The summed E-state index contributed by atoms with van der Waals surface area (Å²) in [4.78, 5) is 42.0. The van der Waals surface area contributed by atoms with Gasteiger partial charge in [-0.1, -0.05) is 30.8 Å². The lowest BCUT2D eigenvalue weighted by Gasteiger charge is -2.34. The molecule has 0 radical (unpaired) electrons. The molecule has 36 heavy (non-hydrogen) atoms. The van der Waals surface area contributed by atoms with Gasteiger partial charge in [-0.2, -0.15) is 4.98 Å². The first-order valence-corrected chi connectivity index (χ1v) is 13.2. The van der Waals surface area contributed by atoms with Crippen molar-refractivity contribution in [2.45, 2.75) is 70.3 Å². The molecular formula is C25H38N8O3. The molecule has 2 aromatic heterocycles. The molecule has 2 aliphatic rings. The Hall–Kier alpha value is -3.08. The summed E-state index contributed by atoms with van der Waals surface area (Å²) in [5.41, 5.74) is -0.564. The molecule has 0 aromatic carbocycles. The van der Waals surface area contributed by atoms with Crippen molar-refractivity contribution in [2.75, 3.05) is 44.2 Å². The second kappa shape index (κ2) is 12.8. The van der Waals surface area contributed by atoms with Crippen molar-refractivity contribution in [1.29, 1.82) is 0 Å². The number of rotatable bonds is 10. The molecule has 1 saturated carbocycles. The van der Waals surface area contributed by atoms with Crippen LogP contribution < -0.4 is 15.5 Å². The minimum absolute atomic E-state index is 0.0214. The molecule has 0 spiro atoms. The maximum absolute atomic E-state index is 12.3. The maximum atomic E-state index is 12.3. The van der Waals surface area contributed by atoms with Crippen LogP contribution in [-0.4, -0.2) is 76.1 Å². The third kappa shape index (κ3) is 7.22. The van der Waals surface area contributed by atoms with E-state index in [0.717, 1.165) is 83.6 Å². The Bertz CT molecular complexity index is 967. The summed E-state index contributed by atoms with van der Waals surface area (Å²) in [5, 5.41) is 10.3. The molecule has 3 heterocycles. The first-order valence-electron chi connectivity index (χ1n) is 13.2. The Balaban J connectivity index is 1.14. The second-order valence-corrected chi connectivity index (χ2v) is 9.77. The lowest BCUT2D eigenvalue weighted by Crippen LogP contribution is -2.47. The normalized spacial score (nSPS) is 18.4. The number of amides is 2. The van der Waals surface area contributed by atoms with Crippen LogP contribution in [0.5, 0.6) is 0 Å². The Morgan fingerprint density at radius 3 is 2.47 bits per heavy atom. The number of nitrogens with zero attached hydrogens (tertiary/aromatic N) is 6. The zero-order chi connectivity index (χ0) is 25.2. The van der Waals surface area contributed by atoms with Gasteiger partial charge in [-0.05, 0) is 31.9 Å². The van der Waals surface area contributed by atoms with E-state index in [1.54, 1.807) is 12.4 Å². The average Bonchev–Trinajstić information content (AvgIpc) is 3.26. The molecule has 1 saturated heterocycles. The molecule has 11 heteroatoms. The molecule has 196 valence electrons. The van der Waals surface area contributed by atoms with Gasteiger partial charge < -0.3 is 20.1 Å². The highest BCUT2D eigenvalue weighted by Crippen LogP contribution is 2.34. The highest BCUT2D eigenvalue weighted by atomic mass is 16.5. The van der Waals surface area contributed by atoms with Crippen LogP contribution in [0.2, 0.25) is 0 Å². The van der Waals surface area contributed by atoms with E-state index in [2.05, 4.69) is 40.5 Å². The van der Waals surface area contributed by atoms with E-state index < -0.39 is 5.54 Å². The smallest absolute Gasteiger partial charge is 0.227 e. The molecular weight excluding hydrogens is 460 g/mol. The van der Waals surface area contributed by atoms with Gasteiger partial charge in [0.25, 0.3) is 0 Å². The fourth-order valence-corrected chi connectivity index (χ4v) is 5.09. The summed E-state index contributed by atoms with van der Waals surface area (Å²) in [6.45, 7) is 6.86. The maximum Gasteiger partial charge on any atom is 0.227 e. The van der Waals surface area contributed by atoms with Crippen LogP contribution in [-0.2, 0) is 21.5 Å². The Morgan fingerprint density at radius 1 is 1.06 bits per heavy atom. The van der Waals surface area contributed by atoms with Crippen molar-refractivity contribution >= 4 is 17.8 Å². The van der Waals surface area contributed by atoms with Gasteiger partial charge in [0, 0.05) is 64.9 Å². The quantitative estimate of drug-likeness (QED) is 0.372. The fraction of sp³-hybridized carbons (Fsp3) is 0.680. The number of anilines is 1. The number of hydrogen-bond donors (Lipinski definition) is 2. The van der Waals surface area contributed by atoms with Crippen LogP contribution in [0.1, 0.15) is 70.0 Å². The standard InChI is InChI=1S/C25H38N8O3/c1-20(34)30-25(10-4-2-3-5-11-25)23-29-22(36-31-23)9-8-21(35)26-14-7-15-32-16-18-33(19-17-32)24-27-12-6-13-28-24/h6,12-13H,2-5,7-11,14-19H2,1H3,(H,26,35)(H,30,34). The van der Waals surface area contributed by atoms with Crippen molar-refractivity contribution < 1.29 is 14.1 Å². The summed E-state index contributed by atoms with van der Waals surface area (Å²) in [5.74, 6) is 1.65. The molecule has 0 bridgehead atoms. The van der Waals surface area contributed by atoms with E-state index in [0.29, 0.717) is 31.1 Å². The van der Waals surface area contributed by atoms with Crippen LogP contribution >= 0.6 is 0 Å². The SMILES string of the molecule is CC(=O)NC1(c2noc(CCC(=O)NCCCN3CCN(c4ncccn4)CC3)n2)CCCCCC1. The lowest BCUT2D eigenvalue weighted by molar-refractivity contribution is -0.122. The predicted molar refractivity (Wildman–Crippen MR) is 134 cm³/mol. The van der Waals surface area contributed by atoms with Crippen molar-refractivity contribution in [2.24, 2.45) is 0 Å². The summed E-state index contributed by atoms with van der Waals surface area (Å²) < 4.78 is 5.45. The van der Waals surface area contributed by atoms with Crippen LogP contribution in [0.4, 0.5) is 5.95 Å². The summed E-state index contributed by atoms with van der Waals surface area (Å²) >= 11 is 0. The summed E-state index contributed by atoms with van der Waals surface area (Å²) in [6.07, 6.45) is 11.1. The van der Waals surface area contributed by atoms with Crippen molar-refractivity contribution in [1.82, 2.24) is 35.6 Å². The highest BCUT2D eigenvalue weighted by Gasteiger charge is 2.38. The fourth-order valence-electron chi connectivity index (χ4n) is 5.09. The van der Waals surface area contributed by atoms with Gasteiger partial charge in [0.2, 0.25) is 23.7 Å². The number of carbonyl (C=O) groups is 2. The van der Waals surface area contributed by atoms with E-state index in [1.807, 2.05) is 6.07 Å². The van der Waals surface area contributed by atoms with E-state index in [4.69, 9.17) is 4.52 Å². The first kappa shape index (κ1) is 26.0. The monoisotopic (exact) mass is 498 g/mol. The third-order valence-electron chi connectivity index (χ3n) is 7.02. The molecule has 11 nitrogen and oxygen atoms in total. The predicted octanol–water partition coefficient (Wildman–Crippen LogP) is 1.81. The van der Waals surface area contributed by atoms with E-state index >= 15 is 0 Å². The zero-order valence-corrected chi connectivity index (χ0v) is 21.2. The van der Waals surface area contributed by atoms with E-state index in [1.165, 1.54) is 6.92 Å². The average molecular weight is 499 g/mol. The molecule has 2 amide bonds. The Morgan fingerprint density at radius 2 is 1.78 bits per heavy atom. The molecule has 1 aliphatic heterocycles. The van der Waals surface area contributed by atoms with E-state index in [9.17, 15) is 9.59 Å². The van der Waals surface area contributed by atoms with Gasteiger partial charge in [-0.25, -0.2) is 9.97 Å². The zero-order valence-electron chi connectivity index (χ0n) is 21.2. The van der Waals surface area contributed by atoms with Gasteiger partial charge >= 0.3 is 0 Å². The minimum Gasteiger partial charge on any atom is -0.356 e. The topological polar surface area (TPSA) is 129 Å². The third-order valence-corrected chi connectivity index (χ3v) is 7.02.